The summed E-state index contributed by atoms with van der Waals surface area (Å²) < 4.78 is 38.6. The summed E-state index contributed by atoms with van der Waals surface area (Å²) in [6.07, 6.45) is 3.30. The van der Waals surface area contributed by atoms with Crippen LogP contribution in [0.2, 0.25) is 5.82 Å². The average molecular weight is 414 g/mol. The minimum atomic E-state index is -1.12. The van der Waals surface area contributed by atoms with Crippen molar-refractivity contribution in [1.82, 2.24) is 0 Å². The lowest BCUT2D eigenvalue weighted by Gasteiger charge is -2.64. The number of carbonyl (C=O) groups excluding carboxylic acids is 1. The van der Waals surface area contributed by atoms with Crippen LogP contribution in [-0.2, 0) is 14.0 Å². The summed E-state index contributed by atoms with van der Waals surface area (Å²) >= 11 is 0. The molecule has 0 amide bonds. The van der Waals surface area contributed by atoms with Crippen molar-refractivity contribution in [2.75, 3.05) is 0 Å². The molecule has 160 valence electrons. The number of fused-ring (bicyclic) bond motifs is 1. The monoisotopic (exact) mass is 414 g/mol. The van der Waals surface area contributed by atoms with E-state index >= 15 is 0 Å². The van der Waals surface area contributed by atoms with Gasteiger partial charge < -0.3 is 18.8 Å². The summed E-state index contributed by atoms with van der Waals surface area (Å²) in [5.74, 6) is -0.547. The molecule has 2 bridgehead atoms. The summed E-state index contributed by atoms with van der Waals surface area (Å²) in [6, 6.07) is 3.07. The molecule has 6 atom stereocenters. The van der Waals surface area contributed by atoms with E-state index in [9.17, 15) is 9.18 Å². The van der Waals surface area contributed by atoms with Gasteiger partial charge in [0.1, 0.15) is 17.1 Å². The summed E-state index contributed by atoms with van der Waals surface area (Å²) in [5.41, 5.74) is 0.815. The molecule has 0 radical (unpaired) electrons. The first kappa shape index (κ1) is 19.1. The van der Waals surface area contributed by atoms with E-state index < -0.39 is 17.6 Å². The standard InChI is InChI=1S/C23H28BFO5/c1-21(2)11-8-16(21)23(5)17(9-11)29-24(30-23)14-10-13(14)12-6-7-15(25)18-19(12)27-22(3,4)28-20(18)26/h6-7,11,13-14,16-17H,8-10H2,1-5H3/t11?,13-,14-,16?,17?,23-/m0/s1. The Kier molecular flexibility index (Phi) is 3.57. The fourth-order valence-corrected chi connectivity index (χ4v) is 6.66. The number of hydrogen-bond acceptors (Lipinski definition) is 5. The Balaban J connectivity index is 1.27. The zero-order valence-corrected chi connectivity index (χ0v) is 18.2. The second kappa shape index (κ2) is 5.60. The normalized spacial score (nSPS) is 41.9. The van der Waals surface area contributed by atoms with Gasteiger partial charge in [0, 0.05) is 19.7 Å². The molecular weight excluding hydrogens is 386 g/mol. The number of halogens is 1. The van der Waals surface area contributed by atoms with Crippen LogP contribution in [0.25, 0.3) is 0 Å². The van der Waals surface area contributed by atoms with E-state index in [1.54, 1.807) is 19.9 Å². The van der Waals surface area contributed by atoms with Crippen molar-refractivity contribution in [3.63, 3.8) is 0 Å². The maximum atomic E-state index is 14.4. The third-order valence-corrected chi connectivity index (χ3v) is 8.59. The topological polar surface area (TPSA) is 54.0 Å². The number of hydrogen-bond donors (Lipinski definition) is 0. The fraction of sp³-hybridized carbons (Fsp3) is 0.696. The third-order valence-electron chi connectivity index (χ3n) is 8.59. The van der Waals surface area contributed by atoms with Crippen LogP contribution >= 0.6 is 0 Å². The van der Waals surface area contributed by atoms with Gasteiger partial charge in [-0.25, -0.2) is 9.18 Å². The molecule has 2 aliphatic heterocycles. The number of rotatable bonds is 2. The predicted octanol–water partition coefficient (Wildman–Crippen LogP) is 4.70. The number of carbonyl (C=O) groups is 1. The quantitative estimate of drug-likeness (QED) is 0.519. The van der Waals surface area contributed by atoms with Crippen molar-refractivity contribution in [2.24, 2.45) is 17.3 Å². The minimum absolute atomic E-state index is 0.103. The van der Waals surface area contributed by atoms with Crippen molar-refractivity contribution in [2.45, 2.75) is 83.1 Å². The first-order valence-corrected chi connectivity index (χ1v) is 11.1. The average Bonchev–Trinajstić information content (AvgIpc) is 3.33. The van der Waals surface area contributed by atoms with E-state index in [1.165, 1.54) is 12.5 Å². The van der Waals surface area contributed by atoms with E-state index in [4.69, 9.17) is 18.8 Å². The molecule has 4 aliphatic carbocycles. The van der Waals surface area contributed by atoms with Crippen LogP contribution in [0.1, 0.15) is 75.7 Å². The van der Waals surface area contributed by atoms with Crippen LogP contribution in [0.15, 0.2) is 12.1 Å². The van der Waals surface area contributed by atoms with Gasteiger partial charge >= 0.3 is 13.1 Å². The van der Waals surface area contributed by atoms with Gasteiger partial charge in [-0.2, -0.15) is 0 Å². The molecule has 7 heteroatoms. The summed E-state index contributed by atoms with van der Waals surface area (Å²) in [4.78, 5) is 12.4. The molecule has 0 N–H and O–H groups in total. The largest absolute Gasteiger partial charge is 0.461 e. The summed E-state index contributed by atoms with van der Waals surface area (Å²) in [7, 11) is -0.260. The molecule has 0 aromatic heterocycles. The molecule has 4 saturated carbocycles. The summed E-state index contributed by atoms with van der Waals surface area (Å²) in [5, 5.41) is 0. The second-order valence-corrected chi connectivity index (χ2v) is 11.1. The molecule has 5 fully saturated rings. The maximum Gasteiger partial charge on any atom is 0.461 e. The van der Waals surface area contributed by atoms with Crippen LogP contribution in [-0.4, -0.2) is 30.6 Å². The van der Waals surface area contributed by atoms with Gasteiger partial charge in [-0.3, -0.25) is 0 Å². The highest BCUT2D eigenvalue weighted by Gasteiger charge is 2.70. The van der Waals surface area contributed by atoms with Gasteiger partial charge in [0.2, 0.25) is 5.79 Å². The summed E-state index contributed by atoms with van der Waals surface area (Å²) in [6.45, 7) is 10.3. The van der Waals surface area contributed by atoms with Gasteiger partial charge in [-0.05, 0) is 61.0 Å². The molecule has 1 aromatic rings. The molecular formula is C23H28BFO5. The van der Waals surface area contributed by atoms with Crippen LogP contribution in [0.3, 0.4) is 0 Å². The molecule has 0 spiro atoms. The van der Waals surface area contributed by atoms with Crippen molar-refractivity contribution < 1.29 is 28.0 Å². The molecule has 1 aromatic carbocycles. The molecule has 5 nitrogen and oxygen atoms in total. The van der Waals surface area contributed by atoms with Gasteiger partial charge in [-0.15, -0.1) is 0 Å². The van der Waals surface area contributed by atoms with Crippen LogP contribution in [0, 0.1) is 23.1 Å². The van der Waals surface area contributed by atoms with E-state index in [-0.39, 0.29) is 36.1 Å². The molecule has 7 rings (SSSR count). The number of cyclic esters (lactones) is 1. The molecule has 2 heterocycles. The van der Waals surface area contributed by atoms with Gasteiger partial charge in [0.15, 0.2) is 0 Å². The Morgan fingerprint density at radius 1 is 1.07 bits per heavy atom. The van der Waals surface area contributed by atoms with Crippen molar-refractivity contribution >= 4 is 13.1 Å². The highest BCUT2D eigenvalue weighted by molar-refractivity contribution is 6.49. The van der Waals surface area contributed by atoms with Crippen LogP contribution < -0.4 is 4.74 Å². The number of esters is 1. The van der Waals surface area contributed by atoms with E-state index in [2.05, 4.69) is 20.8 Å². The highest BCUT2D eigenvalue weighted by atomic mass is 19.1. The Morgan fingerprint density at radius 2 is 1.83 bits per heavy atom. The molecule has 30 heavy (non-hydrogen) atoms. The fourth-order valence-electron chi connectivity index (χ4n) is 6.66. The van der Waals surface area contributed by atoms with Gasteiger partial charge in [0.25, 0.3) is 0 Å². The van der Waals surface area contributed by atoms with E-state index in [1.807, 2.05) is 0 Å². The lowest BCUT2D eigenvalue weighted by Crippen LogP contribution is -2.65. The zero-order valence-electron chi connectivity index (χ0n) is 18.2. The smallest absolute Gasteiger partial charge is 0.451 e. The lowest BCUT2D eigenvalue weighted by atomic mass is 9.43. The Morgan fingerprint density at radius 3 is 2.57 bits per heavy atom. The van der Waals surface area contributed by atoms with E-state index in [0.717, 1.165) is 18.4 Å². The predicted molar refractivity (Wildman–Crippen MR) is 108 cm³/mol. The van der Waals surface area contributed by atoms with Crippen LogP contribution in [0.4, 0.5) is 4.39 Å². The Hall–Kier alpha value is -1.60. The highest BCUT2D eigenvalue weighted by Crippen LogP contribution is 2.68. The lowest BCUT2D eigenvalue weighted by molar-refractivity contribution is -0.199. The minimum Gasteiger partial charge on any atom is -0.451 e. The number of benzene rings is 1. The Bertz CT molecular complexity index is 961. The molecule has 6 aliphatic rings. The zero-order chi connectivity index (χ0) is 21.2. The van der Waals surface area contributed by atoms with Gasteiger partial charge in [-0.1, -0.05) is 19.9 Å². The second-order valence-electron chi connectivity index (χ2n) is 11.1. The first-order chi connectivity index (χ1) is 14.0. The molecule has 3 unspecified atom stereocenters. The third kappa shape index (κ3) is 2.39. The van der Waals surface area contributed by atoms with Gasteiger partial charge in [0.05, 0.1) is 11.7 Å². The van der Waals surface area contributed by atoms with Crippen molar-refractivity contribution in [3.8, 4) is 5.75 Å². The SMILES string of the molecule is CC1(C)OC(=O)c2c(F)ccc([C@@H]3C[C@@H]3B3OC4CC5CC(C5(C)C)[C@]4(C)O3)c2O1. The Labute approximate surface area is 176 Å². The van der Waals surface area contributed by atoms with Crippen molar-refractivity contribution in [3.05, 3.63) is 29.1 Å². The van der Waals surface area contributed by atoms with Crippen LogP contribution in [0.5, 0.6) is 5.75 Å². The first-order valence-electron chi connectivity index (χ1n) is 11.1. The maximum absolute atomic E-state index is 14.4. The van der Waals surface area contributed by atoms with E-state index in [0.29, 0.717) is 23.0 Å². The number of ether oxygens (including phenoxy) is 2. The van der Waals surface area contributed by atoms with Crippen molar-refractivity contribution in [1.29, 1.82) is 0 Å². The molecule has 1 saturated heterocycles.